The van der Waals surface area contributed by atoms with E-state index in [2.05, 4.69) is 4.74 Å². The highest BCUT2D eigenvalue weighted by Gasteiger charge is 2.09. The molecule has 0 amide bonds. The van der Waals surface area contributed by atoms with Crippen molar-refractivity contribution in [2.75, 3.05) is 7.11 Å². The maximum Gasteiger partial charge on any atom is 0.309 e. The van der Waals surface area contributed by atoms with Gasteiger partial charge in [-0.1, -0.05) is 54.6 Å². The van der Waals surface area contributed by atoms with E-state index in [0.717, 1.165) is 5.56 Å². The van der Waals surface area contributed by atoms with Gasteiger partial charge in [-0.3, -0.25) is 9.59 Å². The second kappa shape index (κ2) is 5.96. The van der Waals surface area contributed by atoms with Crippen LogP contribution in [-0.4, -0.2) is 18.9 Å². The third-order valence-electron chi connectivity index (χ3n) is 2.83. The largest absolute Gasteiger partial charge is 0.469 e. The van der Waals surface area contributed by atoms with Crippen LogP contribution in [0.25, 0.3) is 0 Å². The molecule has 96 valence electrons. The van der Waals surface area contributed by atoms with Gasteiger partial charge < -0.3 is 4.74 Å². The van der Waals surface area contributed by atoms with Crippen LogP contribution >= 0.6 is 0 Å². The van der Waals surface area contributed by atoms with E-state index in [9.17, 15) is 9.59 Å². The smallest absolute Gasteiger partial charge is 0.309 e. The molecular formula is C16H14O3. The summed E-state index contributed by atoms with van der Waals surface area (Å²) in [5.74, 6) is -0.313. The lowest BCUT2D eigenvalue weighted by Crippen LogP contribution is -2.05. The average molecular weight is 254 g/mol. The minimum Gasteiger partial charge on any atom is -0.469 e. The van der Waals surface area contributed by atoms with Gasteiger partial charge in [0.1, 0.15) is 0 Å². The number of benzene rings is 2. The first-order valence-corrected chi connectivity index (χ1v) is 5.96. The van der Waals surface area contributed by atoms with Crippen molar-refractivity contribution in [1.29, 1.82) is 0 Å². The Bertz CT molecular complexity index is 571. The highest BCUT2D eigenvalue weighted by molar-refractivity contribution is 6.08. The molecule has 0 spiro atoms. The molecule has 0 aliphatic heterocycles. The van der Waals surface area contributed by atoms with Gasteiger partial charge in [-0.2, -0.15) is 0 Å². The van der Waals surface area contributed by atoms with E-state index in [4.69, 9.17) is 0 Å². The summed E-state index contributed by atoms with van der Waals surface area (Å²) in [5, 5.41) is 0. The van der Waals surface area contributed by atoms with Gasteiger partial charge in [-0.15, -0.1) is 0 Å². The Morgan fingerprint density at radius 1 is 0.895 bits per heavy atom. The Morgan fingerprint density at radius 3 is 2.05 bits per heavy atom. The third-order valence-corrected chi connectivity index (χ3v) is 2.83. The predicted octanol–water partition coefficient (Wildman–Crippen LogP) is 2.63. The maximum absolute atomic E-state index is 12.1. The topological polar surface area (TPSA) is 43.4 Å². The Morgan fingerprint density at radius 2 is 1.47 bits per heavy atom. The summed E-state index contributed by atoms with van der Waals surface area (Å²) in [6.45, 7) is 0. The fraction of sp³-hybridized carbons (Fsp3) is 0.125. The zero-order chi connectivity index (χ0) is 13.7. The number of hydrogen-bond donors (Lipinski definition) is 0. The van der Waals surface area contributed by atoms with E-state index >= 15 is 0 Å². The molecule has 0 aromatic heterocycles. The van der Waals surface area contributed by atoms with Gasteiger partial charge in [0.15, 0.2) is 5.78 Å². The number of carbonyl (C=O) groups is 2. The summed E-state index contributed by atoms with van der Waals surface area (Å²) in [4.78, 5) is 23.3. The fourth-order valence-electron chi connectivity index (χ4n) is 1.77. The lowest BCUT2D eigenvalue weighted by molar-refractivity contribution is -0.139. The number of rotatable bonds is 4. The van der Waals surface area contributed by atoms with Crippen molar-refractivity contribution < 1.29 is 14.3 Å². The molecule has 3 heteroatoms. The highest BCUT2D eigenvalue weighted by atomic mass is 16.5. The summed E-state index contributed by atoms with van der Waals surface area (Å²) < 4.78 is 4.60. The molecule has 0 N–H and O–H groups in total. The number of carbonyl (C=O) groups excluding carboxylic acids is 2. The third kappa shape index (κ3) is 3.28. The Hall–Kier alpha value is -2.42. The monoisotopic (exact) mass is 254 g/mol. The number of ether oxygens (including phenoxy) is 1. The van der Waals surface area contributed by atoms with Crippen molar-refractivity contribution in [1.82, 2.24) is 0 Å². The van der Waals surface area contributed by atoms with Crippen molar-refractivity contribution >= 4 is 11.8 Å². The van der Waals surface area contributed by atoms with Crippen LogP contribution in [0.2, 0.25) is 0 Å². The first-order valence-electron chi connectivity index (χ1n) is 5.96. The number of ketones is 1. The Labute approximate surface area is 111 Å². The molecule has 0 saturated carbocycles. The Balaban J connectivity index is 2.15. The first-order chi connectivity index (χ1) is 9.20. The summed E-state index contributed by atoms with van der Waals surface area (Å²) in [5.41, 5.74) is 2.10. The van der Waals surface area contributed by atoms with Crippen LogP contribution in [0, 0.1) is 0 Å². The molecule has 19 heavy (non-hydrogen) atoms. The van der Waals surface area contributed by atoms with Crippen LogP contribution in [-0.2, 0) is 16.0 Å². The predicted molar refractivity (Wildman–Crippen MR) is 72.0 cm³/mol. The SMILES string of the molecule is COC(=O)Cc1ccc(C(=O)c2ccccc2)cc1. The molecule has 2 aromatic rings. The highest BCUT2D eigenvalue weighted by Crippen LogP contribution is 2.11. The van der Waals surface area contributed by atoms with Gasteiger partial charge in [0.25, 0.3) is 0 Å². The van der Waals surface area contributed by atoms with E-state index in [1.807, 2.05) is 18.2 Å². The maximum atomic E-state index is 12.1. The standard InChI is InChI=1S/C16H14O3/c1-19-15(17)11-12-7-9-14(10-8-12)16(18)13-5-3-2-4-6-13/h2-10H,11H2,1H3. The molecule has 0 aliphatic rings. The van der Waals surface area contributed by atoms with Crippen LogP contribution < -0.4 is 0 Å². The summed E-state index contributed by atoms with van der Waals surface area (Å²) in [6.07, 6.45) is 0.219. The second-order valence-corrected chi connectivity index (χ2v) is 4.14. The van der Waals surface area contributed by atoms with Gasteiger partial charge in [-0.05, 0) is 5.56 Å². The summed E-state index contributed by atoms with van der Waals surface area (Å²) >= 11 is 0. The quantitative estimate of drug-likeness (QED) is 0.622. The summed E-state index contributed by atoms with van der Waals surface area (Å²) in [7, 11) is 1.36. The molecule has 0 atom stereocenters. The number of esters is 1. The summed E-state index contributed by atoms with van der Waals surface area (Å²) in [6, 6.07) is 16.1. The lowest BCUT2D eigenvalue weighted by Gasteiger charge is -2.03. The molecule has 0 radical (unpaired) electrons. The van der Waals surface area contributed by atoms with Crippen LogP contribution in [0.15, 0.2) is 54.6 Å². The molecular weight excluding hydrogens is 240 g/mol. The molecule has 0 saturated heterocycles. The average Bonchev–Trinajstić information content (AvgIpc) is 2.48. The lowest BCUT2D eigenvalue weighted by atomic mass is 10.0. The molecule has 0 unspecified atom stereocenters. The van der Waals surface area contributed by atoms with Crippen molar-refractivity contribution in [3.63, 3.8) is 0 Å². The van der Waals surface area contributed by atoms with Crippen molar-refractivity contribution in [2.24, 2.45) is 0 Å². The molecule has 2 aromatic carbocycles. The fourth-order valence-corrected chi connectivity index (χ4v) is 1.77. The van der Waals surface area contributed by atoms with Gasteiger partial charge in [0.2, 0.25) is 0 Å². The first kappa shape index (κ1) is 13.0. The molecule has 2 rings (SSSR count). The van der Waals surface area contributed by atoms with Crippen LogP contribution in [0.5, 0.6) is 0 Å². The van der Waals surface area contributed by atoms with Gasteiger partial charge >= 0.3 is 5.97 Å². The molecule has 0 heterocycles. The van der Waals surface area contributed by atoms with E-state index in [-0.39, 0.29) is 18.2 Å². The second-order valence-electron chi connectivity index (χ2n) is 4.14. The van der Waals surface area contributed by atoms with Crippen molar-refractivity contribution in [3.05, 3.63) is 71.3 Å². The zero-order valence-electron chi connectivity index (χ0n) is 10.6. The van der Waals surface area contributed by atoms with Gasteiger partial charge in [0, 0.05) is 11.1 Å². The minimum absolute atomic E-state index is 0.0229. The van der Waals surface area contributed by atoms with Gasteiger partial charge in [-0.25, -0.2) is 0 Å². The van der Waals surface area contributed by atoms with Gasteiger partial charge in [0.05, 0.1) is 13.5 Å². The van der Waals surface area contributed by atoms with Crippen molar-refractivity contribution in [3.8, 4) is 0 Å². The molecule has 0 fully saturated rings. The number of methoxy groups -OCH3 is 1. The zero-order valence-corrected chi connectivity index (χ0v) is 10.6. The van der Waals surface area contributed by atoms with E-state index in [1.54, 1.807) is 36.4 Å². The minimum atomic E-state index is -0.290. The van der Waals surface area contributed by atoms with Crippen LogP contribution in [0.3, 0.4) is 0 Å². The Kier molecular flexibility index (Phi) is 4.08. The molecule has 3 nitrogen and oxygen atoms in total. The van der Waals surface area contributed by atoms with E-state index in [1.165, 1.54) is 7.11 Å². The number of hydrogen-bond acceptors (Lipinski definition) is 3. The van der Waals surface area contributed by atoms with Crippen LogP contribution in [0.4, 0.5) is 0 Å². The molecule has 0 aliphatic carbocycles. The normalized spacial score (nSPS) is 9.95. The van der Waals surface area contributed by atoms with Crippen LogP contribution in [0.1, 0.15) is 21.5 Å². The van der Waals surface area contributed by atoms with E-state index < -0.39 is 0 Å². The molecule has 0 bridgehead atoms. The van der Waals surface area contributed by atoms with Crippen molar-refractivity contribution in [2.45, 2.75) is 6.42 Å². The van der Waals surface area contributed by atoms with E-state index in [0.29, 0.717) is 11.1 Å².